The Balaban J connectivity index is 1.25. The van der Waals surface area contributed by atoms with Crippen molar-refractivity contribution in [3.05, 3.63) is 29.8 Å². The van der Waals surface area contributed by atoms with Crippen LogP contribution in [-0.2, 0) is 19.6 Å². The number of sulfonamides is 1. The number of piperazine rings is 1. The van der Waals surface area contributed by atoms with Gasteiger partial charge in [-0.3, -0.25) is 14.5 Å². The average molecular weight is 487 g/mol. The fourth-order valence-electron chi connectivity index (χ4n) is 6.03. The van der Waals surface area contributed by atoms with Crippen LogP contribution in [0.5, 0.6) is 0 Å². The molecule has 1 saturated carbocycles. The lowest BCUT2D eigenvalue weighted by molar-refractivity contribution is -0.141. The predicted molar refractivity (Wildman–Crippen MR) is 122 cm³/mol. The SMILES string of the molecule is CNS(=O)(=O)c1cccc([C@H](C)N2C(=O)[C@H]3C[C@@H]2CN3C[C@H](N)C(=O)N2[C@H](C#N)CC3C[C@@H]32)c1. The summed E-state index contributed by atoms with van der Waals surface area (Å²) < 4.78 is 26.7. The van der Waals surface area contributed by atoms with E-state index in [1.807, 2.05) is 22.8 Å². The van der Waals surface area contributed by atoms with Gasteiger partial charge in [0.1, 0.15) is 6.04 Å². The minimum atomic E-state index is -3.58. The number of benzene rings is 1. The zero-order valence-electron chi connectivity index (χ0n) is 19.3. The van der Waals surface area contributed by atoms with E-state index in [0.29, 0.717) is 18.9 Å². The predicted octanol–water partition coefficient (Wildman–Crippen LogP) is -0.219. The molecule has 1 aromatic rings. The van der Waals surface area contributed by atoms with Gasteiger partial charge < -0.3 is 15.5 Å². The highest BCUT2D eigenvalue weighted by Crippen LogP contribution is 2.48. The summed E-state index contributed by atoms with van der Waals surface area (Å²) in [7, 11) is -2.21. The highest BCUT2D eigenvalue weighted by Gasteiger charge is 2.56. The van der Waals surface area contributed by atoms with Crippen LogP contribution in [0.15, 0.2) is 29.2 Å². The Bertz CT molecular complexity index is 1170. The van der Waals surface area contributed by atoms with Gasteiger partial charge >= 0.3 is 0 Å². The number of nitrogens with one attached hydrogen (secondary N) is 1. The van der Waals surface area contributed by atoms with Crippen LogP contribution in [0.2, 0.25) is 0 Å². The molecule has 4 fully saturated rings. The summed E-state index contributed by atoms with van der Waals surface area (Å²) >= 11 is 0. The molecule has 1 unspecified atom stereocenters. The largest absolute Gasteiger partial charge is 0.330 e. The zero-order valence-corrected chi connectivity index (χ0v) is 20.1. The van der Waals surface area contributed by atoms with E-state index in [1.165, 1.54) is 13.1 Å². The van der Waals surface area contributed by atoms with Crippen LogP contribution in [0, 0.1) is 17.2 Å². The standard InChI is InChI=1S/C23H30N6O4S/c1-13(14-4-3-5-18(7-14)34(32,33)26-2)28-17-9-21(23(28)31)27(11-17)12-19(25)22(30)29-16(10-24)6-15-8-20(15)29/h3-5,7,13,15-17,19-21,26H,6,8-9,11-12,25H2,1-2H3/t13-,15?,16-,17+,19-,20-,21+/m0/s1. The van der Waals surface area contributed by atoms with Crippen molar-refractivity contribution in [1.29, 1.82) is 5.26 Å². The van der Waals surface area contributed by atoms with Crippen molar-refractivity contribution in [2.45, 2.75) is 67.3 Å². The summed E-state index contributed by atoms with van der Waals surface area (Å²) in [5.74, 6) is 0.213. The van der Waals surface area contributed by atoms with Gasteiger partial charge in [0, 0.05) is 25.2 Å². The van der Waals surface area contributed by atoms with E-state index in [1.54, 1.807) is 17.0 Å². The molecule has 7 atom stereocenters. The number of carbonyl (C=O) groups is 2. The van der Waals surface area contributed by atoms with Crippen LogP contribution >= 0.6 is 0 Å². The van der Waals surface area contributed by atoms with Crippen molar-refractivity contribution in [2.24, 2.45) is 11.7 Å². The average Bonchev–Trinajstić information content (AvgIpc) is 3.15. The molecule has 0 spiro atoms. The van der Waals surface area contributed by atoms with Gasteiger partial charge in [-0.25, -0.2) is 13.1 Å². The molecule has 2 amide bonds. The minimum absolute atomic E-state index is 0.0224. The van der Waals surface area contributed by atoms with Crippen molar-refractivity contribution >= 4 is 21.8 Å². The first-order valence-corrected chi connectivity index (χ1v) is 13.2. The summed E-state index contributed by atoms with van der Waals surface area (Å²) in [6, 6.07) is 7.23. The second kappa shape index (κ2) is 8.30. The Kier molecular flexibility index (Phi) is 5.67. The third-order valence-corrected chi connectivity index (χ3v) is 9.32. The number of piperidine rings is 1. The maximum Gasteiger partial charge on any atom is 0.242 e. The Morgan fingerprint density at radius 2 is 2.09 bits per heavy atom. The number of fused-ring (bicyclic) bond motifs is 3. The van der Waals surface area contributed by atoms with Crippen molar-refractivity contribution in [1.82, 2.24) is 19.4 Å². The topological polar surface area (TPSA) is 140 Å². The molecule has 3 heterocycles. The number of nitrogens with two attached hydrogens (primary N) is 1. The maximum atomic E-state index is 13.3. The van der Waals surface area contributed by atoms with Gasteiger partial charge in [-0.15, -0.1) is 0 Å². The van der Waals surface area contributed by atoms with Crippen molar-refractivity contribution in [3.63, 3.8) is 0 Å². The van der Waals surface area contributed by atoms with E-state index in [0.717, 1.165) is 18.4 Å². The molecular formula is C23H30N6O4S. The van der Waals surface area contributed by atoms with E-state index >= 15 is 0 Å². The number of hydrogen-bond acceptors (Lipinski definition) is 7. The summed E-state index contributed by atoms with van der Waals surface area (Å²) in [6.07, 6.45) is 2.34. The molecule has 34 heavy (non-hydrogen) atoms. The second-order valence-electron chi connectivity index (χ2n) is 9.86. The molecule has 2 bridgehead atoms. The summed E-state index contributed by atoms with van der Waals surface area (Å²) in [5.41, 5.74) is 7.03. The molecule has 11 heteroatoms. The lowest BCUT2D eigenvalue weighted by Crippen LogP contribution is -2.57. The van der Waals surface area contributed by atoms with Gasteiger partial charge in [0.15, 0.2) is 0 Å². The van der Waals surface area contributed by atoms with Gasteiger partial charge in [0.25, 0.3) is 0 Å². The van der Waals surface area contributed by atoms with Crippen LogP contribution < -0.4 is 10.5 Å². The van der Waals surface area contributed by atoms with E-state index in [9.17, 15) is 23.3 Å². The third-order valence-electron chi connectivity index (χ3n) is 7.91. The molecule has 3 aliphatic heterocycles. The molecule has 3 N–H and O–H groups in total. The Hall–Kier alpha value is -2.52. The Morgan fingerprint density at radius 3 is 2.76 bits per heavy atom. The molecule has 0 aromatic heterocycles. The Morgan fingerprint density at radius 1 is 1.32 bits per heavy atom. The highest BCUT2D eigenvalue weighted by molar-refractivity contribution is 7.89. The lowest BCUT2D eigenvalue weighted by Gasteiger charge is -2.38. The molecule has 5 rings (SSSR count). The first-order chi connectivity index (χ1) is 16.2. The minimum Gasteiger partial charge on any atom is -0.330 e. The number of likely N-dealkylation sites (tertiary alicyclic amines) is 3. The van der Waals surface area contributed by atoms with E-state index in [2.05, 4.69) is 10.8 Å². The number of hydrogen-bond donors (Lipinski definition) is 2. The summed E-state index contributed by atoms with van der Waals surface area (Å²) in [5, 5.41) is 9.38. The Labute approximate surface area is 199 Å². The van der Waals surface area contributed by atoms with Crippen LogP contribution in [0.25, 0.3) is 0 Å². The van der Waals surface area contributed by atoms with Crippen molar-refractivity contribution in [2.75, 3.05) is 20.1 Å². The van der Waals surface area contributed by atoms with Gasteiger partial charge in [-0.1, -0.05) is 12.1 Å². The van der Waals surface area contributed by atoms with E-state index in [-0.39, 0.29) is 47.4 Å². The van der Waals surface area contributed by atoms with Gasteiger partial charge in [-0.2, -0.15) is 5.26 Å². The third kappa shape index (κ3) is 3.69. The molecule has 10 nitrogen and oxygen atoms in total. The lowest BCUT2D eigenvalue weighted by atomic mass is 10.1. The van der Waals surface area contributed by atoms with Crippen molar-refractivity contribution in [3.8, 4) is 6.07 Å². The van der Waals surface area contributed by atoms with Gasteiger partial charge in [0.2, 0.25) is 21.8 Å². The number of carbonyl (C=O) groups excluding carboxylic acids is 2. The quantitative estimate of drug-likeness (QED) is 0.543. The highest BCUT2D eigenvalue weighted by atomic mass is 32.2. The first kappa shape index (κ1) is 23.2. The molecule has 1 aromatic carbocycles. The smallest absolute Gasteiger partial charge is 0.242 e. The molecule has 1 aliphatic carbocycles. The van der Waals surface area contributed by atoms with E-state index < -0.39 is 22.1 Å². The molecule has 3 saturated heterocycles. The number of rotatable bonds is 7. The molecule has 182 valence electrons. The van der Waals surface area contributed by atoms with E-state index in [4.69, 9.17) is 5.73 Å². The maximum absolute atomic E-state index is 13.3. The van der Waals surface area contributed by atoms with Gasteiger partial charge in [-0.05, 0) is 56.8 Å². The fraction of sp³-hybridized carbons (Fsp3) is 0.609. The first-order valence-electron chi connectivity index (χ1n) is 11.7. The monoisotopic (exact) mass is 486 g/mol. The molecular weight excluding hydrogens is 456 g/mol. The zero-order chi connectivity index (χ0) is 24.4. The molecule has 0 radical (unpaired) electrons. The summed E-state index contributed by atoms with van der Waals surface area (Å²) in [4.78, 5) is 31.9. The second-order valence-corrected chi connectivity index (χ2v) is 11.7. The van der Waals surface area contributed by atoms with Gasteiger partial charge in [0.05, 0.1) is 29.1 Å². The van der Waals surface area contributed by atoms with Crippen LogP contribution in [0.1, 0.15) is 37.8 Å². The normalized spacial score (nSPS) is 31.9. The number of nitriles is 1. The van der Waals surface area contributed by atoms with Crippen LogP contribution in [0.4, 0.5) is 0 Å². The number of amides is 2. The van der Waals surface area contributed by atoms with Crippen LogP contribution in [0.3, 0.4) is 0 Å². The molecule has 4 aliphatic rings. The van der Waals surface area contributed by atoms with Crippen LogP contribution in [-0.4, -0.2) is 85.3 Å². The summed E-state index contributed by atoms with van der Waals surface area (Å²) in [6.45, 7) is 2.81. The van der Waals surface area contributed by atoms with Crippen molar-refractivity contribution < 1.29 is 18.0 Å². The fourth-order valence-corrected chi connectivity index (χ4v) is 6.81. The number of nitrogens with zero attached hydrogens (tertiary/aromatic N) is 4.